The Balaban J connectivity index is 1.87. The molecule has 0 aliphatic heterocycles. The van der Waals surface area contributed by atoms with Crippen LogP contribution < -0.4 is 9.88 Å². The molecule has 22 heavy (non-hydrogen) atoms. The van der Waals surface area contributed by atoms with Crippen molar-refractivity contribution in [3.8, 4) is 0 Å². The van der Waals surface area contributed by atoms with Gasteiger partial charge in [0.2, 0.25) is 11.2 Å². The molecule has 0 spiro atoms. The van der Waals surface area contributed by atoms with E-state index in [0.717, 1.165) is 12.2 Å². The summed E-state index contributed by atoms with van der Waals surface area (Å²) in [6.07, 6.45) is 4.31. The molecular weight excluding hydrogens is 268 g/mol. The molecule has 3 rings (SSSR count). The summed E-state index contributed by atoms with van der Waals surface area (Å²) in [5, 5.41) is 4.57. The van der Waals surface area contributed by atoms with Gasteiger partial charge < -0.3 is 5.32 Å². The monoisotopic (exact) mass is 289 g/mol. The zero-order chi connectivity index (χ0) is 15.4. The van der Waals surface area contributed by atoms with Crippen molar-refractivity contribution in [1.82, 2.24) is 0 Å². The van der Waals surface area contributed by atoms with E-state index in [-0.39, 0.29) is 0 Å². The number of rotatable bonds is 4. The molecular formula is C20H21N2+. The molecule has 0 atom stereocenters. The molecule has 0 saturated carbocycles. The van der Waals surface area contributed by atoms with Crippen molar-refractivity contribution in [2.24, 2.45) is 7.05 Å². The maximum absolute atomic E-state index is 3.31. The highest BCUT2D eigenvalue weighted by Crippen LogP contribution is 2.14. The predicted molar refractivity (Wildman–Crippen MR) is 94.7 cm³/mol. The number of pyridine rings is 1. The second-order valence-corrected chi connectivity index (χ2v) is 5.36. The number of nitrogens with zero attached hydrogens (tertiary/aromatic N) is 1. The minimum atomic E-state index is 0.947. The van der Waals surface area contributed by atoms with Crippen LogP contribution in [0.1, 0.15) is 18.2 Å². The smallest absolute Gasteiger partial charge is 0.212 e. The first-order valence-electron chi connectivity index (χ1n) is 7.68. The molecule has 2 nitrogen and oxygen atoms in total. The van der Waals surface area contributed by atoms with Gasteiger partial charge >= 0.3 is 0 Å². The van der Waals surface area contributed by atoms with Crippen molar-refractivity contribution in [1.29, 1.82) is 0 Å². The Labute approximate surface area is 131 Å². The highest BCUT2D eigenvalue weighted by Gasteiger charge is 2.07. The van der Waals surface area contributed by atoms with Gasteiger partial charge in [0.15, 0.2) is 0 Å². The topological polar surface area (TPSA) is 15.9 Å². The number of para-hydroxylation sites is 1. The van der Waals surface area contributed by atoms with Crippen LogP contribution in [0.3, 0.4) is 0 Å². The molecule has 110 valence electrons. The fourth-order valence-corrected chi connectivity index (χ4v) is 2.63. The number of fused-ring (bicyclic) bond motifs is 1. The Hall–Kier alpha value is -2.61. The van der Waals surface area contributed by atoms with Crippen molar-refractivity contribution >= 4 is 28.7 Å². The molecule has 0 bridgehead atoms. The van der Waals surface area contributed by atoms with Crippen LogP contribution in [-0.4, -0.2) is 6.54 Å². The quantitative estimate of drug-likeness (QED) is 0.709. The average molecular weight is 289 g/mol. The van der Waals surface area contributed by atoms with Gasteiger partial charge in [0.05, 0.1) is 0 Å². The van der Waals surface area contributed by atoms with E-state index in [9.17, 15) is 0 Å². The Morgan fingerprint density at radius 1 is 0.909 bits per heavy atom. The number of hydrogen-bond donors (Lipinski definition) is 1. The third-order valence-corrected chi connectivity index (χ3v) is 3.86. The molecule has 1 heterocycles. The second kappa shape index (κ2) is 6.44. The summed E-state index contributed by atoms with van der Waals surface area (Å²) in [6, 6.07) is 21.3. The zero-order valence-corrected chi connectivity index (χ0v) is 13.1. The SMILES string of the molecule is CCNc1ccc(/C=C/c2ccc3ccccc3[n+]2C)cc1. The highest BCUT2D eigenvalue weighted by molar-refractivity contribution is 5.77. The Kier molecular flexibility index (Phi) is 4.19. The second-order valence-electron chi connectivity index (χ2n) is 5.36. The van der Waals surface area contributed by atoms with Gasteiger partial charge in [-0.05, 0) is 42.8 Å². The van der Waals surface area contributed by atoms with Gasteiger partial charge in [-0.3, -0.25) is 0 Å². The maximum Gasteiger partial charge on any atom is 0.212 e. The van der Waals surface area contributed by atoms with Gasteiger partial charge in [-0.1, -0.05) is 24.3 Å². The molecule has 0 radical (unpaired) electrons. The molecule has 1 aromatic heterocycles. The first-order chi connectivity index (χ1) is 10.8. The van der Waals surface area contributed by atoms with E-state index in [2.05, 4.69) is 96.7 Å². The molecule has 2 aromatic carbocycles. The van der Waals surface area contributed by atoms with Crippen LogP contribution >= 0.6 is 0 Å². The summed E-state index contributed by atoms with van der Waals surface area (Å²) in [6.45, 7) is 3.05. The van der Waals surface area contributed by atoms with Crippen LogP contribution in [0.15, 0.2) is 60.7 Å². The number of aryl methyl sites for hydroxylation is 1. The average Bonchev–Trinajstić information content (AvgIpc) is 2.56. The van der Waals surface area contributed by atoms with E-state index in [0.29, 0.717) is 0 Å². The zero-order valence-electron chi connectivity index (χ0n) is 13.1. The number of aromatic nitrogens is 1. The van der Waals surface area contributed by atoms with E-state index in [1.165, 1.54) is 22.2 Å². The van der Waals surface area contributed by atoms with Crippen molar-refractivity contribution in [3.63, 3.8) is 0 Å². The van der Waals surface area contributed by atoms with Crippen molar-refractivity contribution < 1.29 is 4.57 Å². The number of anilines is 1. The Bertz CT molecular complexity index is 802. The molecule has 0 amide bonds. The maximum atomic E-state index is 3.31. The number of benzene rings is 2. The highest BCUT2D eigenvalue weighted by atomic mass is 14.9. The first kappa shape index (κ1) is 14.3. The van der Waals surface area contributed by atoms with Gasteiger partial charge in [-0.15, -0.1) is 0 Å². The lowest BCUT2D eigenvalue weighted by atomic mass is 10.1. The van der Waals surface area contributed by atoms with Gasteiger partial charge in [0.1, 0.15) is 7.05 Å². The molecule has 3 aromatic rings. The lowest BCUT2D eigenvalue weighted by molar-refractivity contribution is -0.646. The summed E-state index contributed by atoms with van der Waals surface area (Å²) in [5.74, 6) is 0. The summed E-state index contributed by atoms with van der Waals surface area (Å²) in [7, 11) is 2.11. The van der Waals surface area contributed by atoms with Crippen LogP contribution in [0.25, 0.3) is 23.1 Å². The minimum absolute atomic E-state index is 0.947. The molecule has 0 aliphatic rings. The molecule has 0 fully saturated rings. The fourth-order valence-electron chi connectivity index (χ4n) is 2.63. The summed E-state index contributed by atoms with van der Waals surface area (Å²) in [5.41, 5.74) is 4.80. The van der Waals surface area contributed by atoms with Gasteiger partial charge in [0, 0.05) is 35.8 Å². The lowest BCUT2D eigenvalue weighted by Gasteiger charge is -2.02. The third kappa shape index (κ3) is 3.01. The van der Waals surface area contributed by atoms with Crippen LogP contribution in [0.4, 0.5) is 5.69 Å². The standard InChI is InChI=1S/C20H20N2/c1-3-21-18-12-8-16(9-13-18)10-14-19-15-11-17-6-4-5-7-20(17)22(19)2/h4-15H,3H2,1-2H3/p+1. The molecule has 0 aliphatic carbocycles. The summed E-state index contributed by atoms with van der Waals surface area (Å²) >= 11 is 0. The van der Waals surface area contributed by atoms with Crippen LogP contribution in [-0.2, 0) is 7.05 Å². The van der Waals surface area contributed by atoms with Gasteiger partial charge in [-0.25, -0.2) is 0 Å². The Morgan fingerprint density at radius 3 is 2.45 bits per heavy atom. The molecule has 0 saturated heterocycles. The Morgan fingerprint density at radius 2 is 1.68 bits per heavy atom. The van der Waals surface area contributed by atoms with Crippen LogP contribution in [0, 0.1) is 0 Å². The first-order valence-corrected chi connectivity index (χ1v) is 7.68. The number of hydrogen-bond acceptors (Lipinski definition) is 1. The van der Waals surface area contributed by atoms with E-state index in [4.69, 9.17) is 0 Å². The van der Waals surface area contributed by atoms with Crippen molar-refractivity contribution in [2.75, 3.05) is 11.9 Å². The molecule has 1 N–H and O–H groups in total. The van der Waals surface area contributed by atoms with E-state index >= 15 is 0 Å². The van der Waals surface area contributed by atoms with Crippen molar-refractivity contribution in [2.45, 2.75) is 6.92 Å². The molecule has 0 unspecified atom stereocenters. The normalized spacial score (nSPS) is 11.2. The van der Waals surface area contributed by atoms with Crippen molar-refractivity contribution in [3.05, 3.63) is 71.9 Å². The van der Waals surface area contributed by atoms with Crippen LogP contribution in [0.5, 0.6) is 0 Å². The lowest BCUT2D eigenvalue weighted by Crippen LogP contribution is -2.32. The largest absolute Gasteiger partial charge is 0.385 e. The fraction of sp³-hybridized carbons (Fsp3) is 0.150. The van der Waals surface area contributed by atoms with Crippen LogP contribution in [0.2, 0.25) is 0 Å². The molecule has 2 heteroatoms. The van der Waals surface area contributed by atoms with E-state index < -0.39 is 0 Å². The van der Waals surface area contributed by atoms with E-state index in [1.807, 2.05) is 0 Å². The third-order valence-electron chi connectivity index (χ3n) is 3.86. The predicted octanol–water partition coefficient (Wildman–Crippen LogP) is 4.27. The summed E-state index contributed by atoms with van der Waals surface area (Å²) in [4.78, 5) is 0. The summed E-state index contributed by atoms with van der Waals surface area (Å²) < 4.78 is 2.22. The van der Waals surface area contributed by atoms with E-state index in [1.54, 1.807) is 0 Å². The van der Waals surface area contributed by atoms with Gasteiger partial charge in [0.25, 0.3) is 0 Å². The van der Waals surface area contributed by atoms with Gasteiger partial charge in [-0.2, -0.15) is 4.57 Å². The number of nitrogens with one attached hydrogen (secondary N) is 1. The minimum Gasteiger partial charge on any atom is -0.385 e.